The summed E-state index contributed by atoms with van der Waals surface area (Å²) in [4.78, 5) is 12.2. The van der Waals surface area contributed by atoms with Gasteiger partial charge in [-0.15, -0.1) is 0 Å². The SMILES string of the molecule is C=C(CC1CO1)C(=O)O.CCN(C)C. The molecule has 0 spiro atoms. The number of carboxylic acid groups (broad SMARTS) is 1. The first-order valence-corrected chi connectivity index (χ1v) is 4.64. The Hall–Kier alpha value is -0.870. The molecule has 1 atom stereocenters. The number of nitrogens with zero attached hydrogens (tertiary/aromatic N) is 1. The van der Waals surface area contributed by atoms with E-state index in [1.807, 2.05) is 0 Å². The van der Waals surface area contributed by atoms with Gasteiger partial charge in [-0.3, -0.25) is 0 Å². The molecule has 4 nitrogen and oxygen atoms in total. The van der Waals surface area contributed by atoms with Gasteiger partial charge in [0, 0.05) is 12.0 Å². The molecular formula is C10H19NO3. The summed E-state index contributed by atoms with van der Waals surface area (Å²) < 4.78 is 4.81. The van der Waals surface area contributed by atoms with Gasteiger partial charge in [-0.25, -0.2) is 4.79 Å². The van der Waals surface area contributed by atoms with Gasteiger partial charge in [-0.2, -0.15) is 0 Å². The van der Waals surface area contributed by atoms with Gasteiger partial charge >= 0.3 is 5.97 Å². The quantitative estimate of drug-likeness (QED) is 0.544. The van der Waals surface area contributed by atoms with Crippen molar-refractivity contribution in [2.45, 2.75) is 19.4 Å². The van der Waals surface area contributed by atoms with Crippen molar-refractivity contribution >= 4 is 5.97 Å². The van der Waals surface area contributed by atoms with Crippen LogP contribution in [-0.4, -0.2) is 49.3 Å². The molecular weight excluding hydrogens is 182 g/mol. The molecule has 0 aromatic carbocycles. The summed E-state index contributed by atoms with van der Waals surface area (Å²) >= 11 is 0. The highest BCUT2D eigenvalue weighted by Gasteiger charge is 2.24. The number of rotatable bonds is 4. The summed E-state index contributed by atoms with van der Waals surface area (Å²) in [6, 6.07) is 0. The van der Waals surface area contributed by atoms with Crippen molar-refractivity contribution in [2.75, 3.05) is 27.2 Å². The Labute approximate surface area is 85.2 Å². The van der Waals surface area contributed by atoms with E-state index in [9.17, 15) is 4.79 Å². The number of carbonyl (C=O) groups is 1. The number of ether oxygens (including phenoxy) is 1. The van der Waals surface area contributed by atoms with Crippen LogP contribution >= 0.6 is 0 Å². The minimum Gasteiger partial charge on any atom is -0.478 e. The lowest BCUT2D eigenvalue weighted by Gasteiger charge is -2.00. The van der Waals surface area contributed by atoms with Crippen LogP contribution in [0.15, 0.2) is 12.2 Å². The van der Waals surface area contributed by atoms with Crippen LogP contribution < -0.4 is 0 Å². The lowest BCUT2D eigenvalue weighted by Crippen LogP contribution is -2.08. The monoisotopic (exact) mass is 201 g/mol. The molecule has 0 amide bonds. The van der Waals surface area contributed by atoms with E-state index >= 15 is 0 Å². The zero-order valence-corrected chi connectivity index (χ0v) is 9.12. The molecule has 1 aliphatic heterocycles. The summed E-state index contributed by atoms with van der Waals surface area (Å²) in [6.45, 7) is 7.31. The lowest BCUT2D eigenvalue weighted by atomic mass is 10.2. The molecule has 0 bridgehead atoms. The molecule has 1 saturated heterocycles. The minimum atomic E-state index is -0.925. The average molecular weight is 201 g/mol. The third-order valence-electron chi connectivity index (χ3n) is 1.81. The zero-order valence-electron chi connectivity index (χ0n) is 9.12. The molecule has 1 unspecified atom stereocenters. The standard InChI is InChI=1S/C6H8O3.C4H11N/c1-4(6(7)8)2-5-3-9-5;1-4-5(2)3/h5H,1-3H2,(H,7,8);4H2,1-3H3. The first-order chi connectivity index (χ1) is 6.47. The van der Waals surface area contributed by atoms with Crippen LogP contribution in [0.3, 0.4) is 0 Å². The Balaban J connectivity index is 0.000000292. The molecule has 4 heteroatoms. The number of hydrogen-bond acceptors (Lipinski definition) is 3. The topological polar surface area (TPSA) is 53.1 Å². The van der Waals surface area contributed by atoms with E-state index in [0.29, 0.717) is 13.0 Å². The minimum absolute atomic E-state index is 0.133. The predicted octanol–water partition coefficient (Wildman–Crippen LogP) is 0.984. The fraction of sp³-hybridized carbons (Fsp3) is 0.700. The molecule has 0 saturated carbocycles. The summed E-state index contributed by atoms with van der Waals surface area (Å²) in [5.74, 6) is -0.925. The maximum absolute atomic E-state index is 10.1. The second kappa shape index (κ2) is 6.56. The van der Waals surface area contributed by atoms with Crippen LogP contribution in [0.2, 0.25) is 0 Å². The van der Waals surface area contributed by atoms with Gasteiger partial charge in [0.15, 0.2) is 0 Å². The Bertz CT molecular complexity index is 198. The molecule has 0 aromatic rings. The fourth-order valence-corrected chi connectivity index (χ4v) is 0.548. The zero-order chi connectivity index (χ0) is 11.1. The highest BCUT2D eigenvalue weighted by atomic mass is 16.6. The maximum Gasteiger partial charge on any atom is 0.331 e. The second-order valence-corrected chi connectivity index (χ2v) is 3.46. The summed E-state index contributed by atoms with van der Waals surface area (Å²) in [5, 5.41) is 8.30. The van der Waals surface area contributed by atoms with E-state index in [0.717, 1.165) is 6.54 Å². The van der Waals surface area contributed by atoms with Gasteiger partial charge in [-0.05, 0) is 20.6 Å². The number of epoxide rings is 1. The second-order valence-electron chi connectivity index (χ2n) is 3.46. The molecule has 1 rings (SSSR count). The first kappa shape index (κ1) is 13.1. The van der Waals surface area contributed by atoms with Crippen molar-refractivity contribution < 1.29 is 14.6 Å². The van der Waals surface area contributed by atoms with Crippen LogP contribution in [0.5, 0.6) is 0 Å². The summed E-state index contributed by atoms with van der Waals surface area (Å²) in [7, 11) is 4.11. The molecule has 0 aliphatic carbocycles. The molecule has 1 N–H and O–H groups in total. The average Bonchev–Trinajstić information content (AvgIpc) is 2.89. The van der Waals surface area contributed by atoms with Crippen molar-refractivity contribution in [3.63, 3.8) is 0 Å². The highest BCUT2D eigenvalue weighted by Crippen LogP contribution is 2.17. The predicted molar refractivity (Wildman–Crippen MR) is 55.4 cm³/mol. The molecule has 1 fully saturated rings. The van der Waals surface area contributed by atoms with Gasteiger partial charge in [-0.1, -0.05) is 13.5 Å². The smallest absolute Gasteiger partial charge is 0.331 e. The number of aliphatic carboxylic acids is 1. The Morgan fingerprint density at radius 2 is 2.07 bits per heavy atom. The summed E-state index contributed by atoms with van der Waals surface area (Å²) in [6.07, 6.45) is 0.601. The Morgan fingerprint density at radius 3 is 2.29 bits per heavy atom. The van der Waals surface area contributed by atoms with Gasteiger partial charge in [0.2, 0.25) is 0 Å². The number of carboxylic acids is 1. The van der Waals surface area contributed by atoms with E-state index in [4.69, 9.17) is 9.84 Å². The van der Waals surface area contributed by atoms with E-state index in [2.05, 4.69) is 32.5 Å². The van der Waals surface area contributed by atoms with E-state index in [1.165, 1.54) is 0 Å². The summed E-state index contributed by atoms with van der Waals surface area (Å²) in [5.41, 5.74) is 0.234. The van der Waals surface area contributed by atoms with E-state index in [1.54, 1.807) is 0 Å². The maximum atomic E-state index is 10.1. The van der Waals surface area contributed by atoms with E-state index < -0.39 is 5.97 Å². The highest BCUT2D eigenvalue weighted by molar-refractivity contribution is 5.85. The van der Waals surface area contributed by atoms with Gasteiger partial charge in [0.25, 0.3) is 0 Å². The van der Waals surface area contributed by atoms with Crippen LogP contribution in [0.1, 0.15) is 13.3 Å². The molecule has 14 heavy (non-hydrogen) atoms. The third-order valence-corrected chi connectivity index (χ3v) is 1.81. The van der Waals surface area contributed by atoms with Crippen molar-refractivity contribution in [2.24, 2.45) is 0 Å². The van der Waals surface area contributed by atoms with Crippen LogP contribution in [-0.2, 0) is 9.53 Å². The molecule has 0 aromatic heterocycles. The van der Waals surface area contributed by atoms with Crippen molar-refractivity contribution in [1.82, 2.24) is 4.90 Å². The Kier molecular flexibility index (Phi) is 6.16. The molecule has 82 valence electrons. The normalized spacial score (nSPS) is 18.4. The van der Waals surface area contributed by atoms with Crippen molar-refractivity contribution in [3.05, 3.63) is 12.2 Å². The van der Waals surface area contributed by atoms with Gasteiger partial charge < -0.3 is 14.7 Å². The molecule has 1 heterocycles. The first-order valence-electron chi connectivity index (χ1n) is 4.64. The van der Waals surface area contributed by atoms with E-state index in [-0.39, 0.29) is 11.7 Å². The third kappa shape index (κ3) is 7.76. The fourth-order valence-electron chi connectivity index (χ4n) is 0.548. The van der Waals surface area contributed by atoms with Gasteiger partial charge in [0.1, 0.15) is 0 Å². The lowest BCUT2D eigenvalue weighted by molar-refractivity contribution is -0.132. The van der Waals surface area contributed by atoms with Crippen LogP contribution in [0.4, 0.5) is 0 Å². The van der Waals surface area contributed by atoms with Crippen LogP contribution in [0, 0.1) is 0 Å². The van der Waals surface area contributed by atoms with Crippen LogP contribution in [0.25, 0.3) is 0 Å². The van der Waals surface area contributed by atoms with Crippen molar-refractivity contribution in [1.29, 1.82) is 0 Å². The Morgan fingerprint density at radius 1 is 1.64 bits per heavy atom. The molecule has 0 radical (unpaired) electrons. The van der Waals surface area contributed by atoms with Crippen molar-refractivity contribution in [3.8, 4) is 0 Å². The molecule has 1 aliphatic rings. The van der Waals surface area contributed by atoms with Gasteiger partial charge in [0.05, 0.1) is 12.7 Å². The largest absolute Gasteiger partial charge is 0.478 e. The number of hydrogen-bond donors (Lipinski definition) is 1.